The van der Waals surface area contributed by atoms with Crippen LogP contribution in [0.2, 0.25) is 0 Å². The highest BCUT2D eigenvalue weighted by molar-refractivity contribution is 5.94. The number of aromatic amines is 1. The van der Waals surface area contributed by atoms with Gasteiger partial charge in [-0.05, 0) is 0 Å². The molecule has 0 spiro atoms. The van der Waals surface area contributed by atoms with Crippen molar-refractivity contribution in [2.75, 3.05) is 13.7 Å². The molecule has 1 aliphatic rings. The SMILES string of the molecule is CO/N=C1/[C@@H](O)[C@H](n2ccc(=O)[nH]c2=O)O[C@@H]1CO. The van der Waals surface area contributed by atoms with Gasteiger partial charge in [-0.3, -0.25) is 14.3 Å². The third-order valence-corrected chi connectivity index (χ3v) is 2.69. The maximum Gasteiger partial charge on any atom is 0.330 e. The molecule has 104 valence electrons. The first-order valence-electron chi connectivity index (χ1n) is 5.45. The summed E-state index contributed by atoms with van der Waals surface area (Å²) in [7, 11) is 1.29. The van der Waals surface area contributed by atoms with Crippen LogP contribution in [-0.4, -0.2) is 51.4 Å². The molecular formula is C10H13N3O6. The van der Waals surface area contributed by atoms with Gasteiger partial charge in [0.2, 0.25) is 0 Å². The number of aromatic nitrogens is 2. The molecule has 0 aromatic carbocycles. The van der Waals surface area contributed by atoms with Gasteiger partial charge in [-0.2, -0.15) is 0 Å². The van der Waals surface area contributed by atoms with E-state index < -0.39 is 36.3 Å². The minimum atomic E-state index is -1.26. The fourth-order valence-electron chi connectivity index (χ4n) is 1.85. The van der Waals surface area contributed by atoms with Crippen molar-refractivity contribution >= 4 is 5.71 Å². The second kappa shape index (κ2) is 5.34. The molecule has 3 N–H and O–H groups in total. The van der Waals surface area contributed by atoms with Gasteiger partial charge in [-0.15, -0.1) is 0 Å². The fraction of sp³-hybridized carbons (Fsp3) is 0.500. The van der Waals surface area contributed by atoms with Crippen LogP contribution in [0.4, 0.5) is 0 Å². The molecule has 0 saturated carbocycles. The molecule has 0 bridgehead atoms. The zero-order valence-corrected chi connectivity index (χ0v) is 10.0. The van der Waals surface area contributed by atoms with Gasteiger partial charge in [0.05, 0.1) is 6.61 Å². The number of rotatable bonds is 3. The highest BCUT2D eigenvalue weighted by Gasteiger charge is 2.42. The minimum Gasteiger partial charge on any atom is -0.399 e. The second-order valence-corrected chi connectivity index (χ2v) is 3.86. The normalized spacial score (nSPS) is 28.8. The van der Waals surface area contributed by atoms with Gasteiger partial charge in [-0.1, -0.05) is 5.16 Å². The monoisotopic (exact) mass is 271 g/mol. The zero-order valence-electron chi connectivity index (χ0n) is 10.0. The summed E-state index contributed by atoms with van der Waals surface area (Å²) in [4.78, 5) is 29.2. The van der Waals surface area contributed by atoms with Gasteiger partial charge in [0.1, 0.15) is 25.0 Å². The summed E-state index contributed by atoms with van der Waals surface area (Å²) in [5, 5.41) is 22.7. The van der Waals surface area contributed by atoms with E-state index in [0.29, 0.717) is 0 Å². The number of nitrogens with zero attached hydrogens (tertiary/aromatic N) is 2. The van der Waals surface area contributed by atoms with Crippen molar-refractivity contribution in [3.63, 3.8) is 0 Å². The van der Waals surface area contributed by atoms with E-state index in [1.807, 2.05) is 4.98 Å². The predicted octanol–water partition coefficient (Wildman–Crippen LogP) is -2.21. The molecule has 1 saturated heterocycles. The molecule has 1 aromatic rings. The topological polar surface area (TPSA) is 126 Å². The molecule has 2 heterocycles. The summed E-state index contributed by atoms with van der Waals surface area (Å²) >= 11 is 0. The molecule has 0 unspecified atom stereocenters. The Morgan fingerprint density at radius 3 is 2.89 bits per heavy atom. The minimum absolute atomic E-state index is 0.0769. The summed E-state index contributed by atoms with van der Waals surface area (Å²) in [5.74, 6) is 0. The highest BCUT2D eigenvalue weighted by Crippen LogP contribution is 2.25. The van der Waals surface area contributed by atoms with E-state index in [4.69, 9.17) is 9.84 Å². The van der Waals surface area contributed by atoms with Crippen molar-refractivity contribution in [3.8, 4) is 0 Å². The predicted molar refractivity (Wildman–Crippen MR) is 62.8 cm³/mol. The van der Waals surface area contributed by atoms with Crippen LogP contribution in [0, 0.1) is 0 Å². The van der Waals surface area contributed by atoms with Gasteiger partial charge >= 0.3 is 5.69 Å². The molecule has 9 nitrogen and oxygen atoms in total. The largest absolute Gasteiger partial charge is 0.399 e. The van der Waals surface area contributed by atoms with E-state index in [2.05, 4.69) is 9.99 Å². The molecule has 1 aliphatic heterocycles. The van der Waals surface area contributed by atoms with Crippen molar-refractivity contribution in [2.45, 2.75) is 18.4 Å². The van der Waals surface area contributed by atoms with Crippen LogP contribution >= 0.6 is 0 Å². The number of nitrogens with one attached hydrogen (secondary N) is 1. The highest BCUT2D eigenvalue weighted by atomic mass is 16.6. The van der Waals surface area contributed by atoms with E-state index in [-0.39, 0.29) is 5.71 Å². The Morgan fingerprint density at radius 1 is 1.58 bits per heavy atom. The first-order chi connectivity index (χ1) is 9.08. The lowest BCUT2D eigenvalue weighted by Crippen LogP contribution is -2.36. The average Bonchev–Trinajstić information content (AvgIpc) is 2.68. The Bertz CT molecular complexity index is 591. The quantitative estimate of drug-likeness (QED) is 0.535. The molecule has 0 amide bonds. The number of ether oxygens (including phenoxy) is 1. The number of hydrogen-bond acceptors (Lipinski definition) is 7. The van der Waals surface area contributed by atoms with Crippen LogP contribution in [0.1, 0.15) is 6.23 Å². The Labute approximate surface area is 106 Å². The summed E-state index contributed by atoms with van der Waals surface area (Å²) in [6, 6.07) is 1.12. The van der Waals surface area contributed by atoms with Crippen LogP contribution < -0.4 is 11.2 Å². The molecule has 3 atom stereocenters. The number of hydrogen-bond donors (Lipinski definition) is 3. The van der Waals surface area contributed by atoms with Crippen LogP contribution in [-0.2, 0) is 9.57 Å². The molecule has 1 fully saturated rings. The smallest absolute Gasteiger partial charge is 0.330 e. The van der Waals surface area contributed by atoms with E-state index in [1.54, 1.807) is 0 Å². The maximum absolute atomic E-state index is 11.6. The van der Waals surface area contributed by atoms with Crippen LogP contribution in [0.5, 0.6) is 0 Å². The lowest BCUT2D eigenvalue weighted by atomic mass is 10.1. The molecule has 0 radical (unpaired) electrons. The standard InChI is InChI=1S/C10H13N3O6/c1-18-12-7-5(4-14)19-9(8(7)16)13-3-2-6(15)11-10(13)17/h2-3,5,8-9,14,16H,4H2,1H3,(H,11,15,17)/b12-7+/t5-,8-,9-/m1/s1. The Morgan fingerprint density at radius 2 is 2.32 bits per heavy atom. The van der Waals surface area contributed by atoms with Gasteiger partial charge in [0.25, 0.3) is 5.56 Å². The molecule has 0 aliphatic carbocycles. The van der Waals surface area contributed by atoms with E-state index in [0.717, 1.165) is 10.6 Å². The number of aliphatic hydroxyl groups excluding tert-OH is 2. The van der Waals surface area contributed by atoms with E-state index >= 15 is 0 Å². The Hall–Kier alpha value is -1.97. The zero-order chi connectivity index (χ0) is 14.0. The van der Waals surface area contributed by atoms with Gasteiger partial charge < -0.3 is 19.8 Å². The summed E-state index contributed by atoms with van der Waals surface area (Å²) in [6.45, 7) is -0.423. The van der Waals surface area contributed by atoms with Crippen molar-refractivity contribution in [1.82, 2.24) is 9.55 Å². The van der Waals surface area contributed by atoms with Gasteiger partial charge in [0.15, 0.2) is 6.23 Å². The number of H-pyrrole nitrogens is 1. The molecule has 2 rings (SSSR count). The van der Waals surface area contributed by atoms with Crippen molar-refractivity contribution in [3.05, 3.63) is 33.1 Å². The molecular weight excluding hydrogens is 258 g/mol. The third kappa shape index (κ3) is 2.43. The van der Waals surface area contributed by atoms with Crippen LogP contribution in [0.25, 0.3) is 0 Å². The van der Waals surface area contributed by atoms with E-state index in [1.165, 1.54) is 13.3 Å². The second-order valence-electron chi connectivity index (χ2n) is 3.86. The number of aliphatic hydroxyl groups is 2. The molecule has 1 aromatic heterocycles. The van der Waals surface area contributed by atoms with Crippen LogP contribution in [0.3, 0.4) is 0 Å². The third-order valence-electron chi connectivity index (χ3n) is 2.69. The van der Waals surface area contributed by atoms with Crippen molar-refractivity contribution in [1.29, 1.82) is 0 Å². The molecule has 19 heavy (non-hydrogen) atoms. The van der Waals surface area contributed by atoms with Crippen molar-refractivity contribution in [2.24, 2.45) is 5.16 Å². The maximum atomic E-state index is 11.6. The Kier molecular flexibility index (Phi) is 3.79. The van der Waals surface area contributed by atoms with Crippen molar-refractivity contribution < 1.29 is 19.8 Å². The average molecular weight is 271 g/mol. The molecule has 9 heteroatoms. The lowest BCUT2D eigenvalue weighted by Gasteiger charge is -2.15. The number of oxime groups is 1. The summed E-state index contributed by atoms with van der Waals surface area (Å²) in [5.41, 5.74) is -1.21. The summed E-state index contributed by atoms with van der Waals surface area (Å²) < 4.78 is 6.33. The first-order valence-corrected chi connectivity index (χ1v) is 5.45. The van der Waals surface area contributed by atoms with Gasteiger partial charge in [-0.25, -0.2) is 4.79 Å². The van der Waals surface area contributed by atoms with Crippen LogP contribution in [0.15, 0.2) is 27.0 Å². The first kappa shape index (κ1) is 13.5. The summed E-state index contributed by atoms with van der Waals surface area (Å²) in [6.07, 6.45) is -2.03. The van der Waals surface area contributed by atoms with Gasteiger partial charge in [0, 0.05) is 12.3 Å². The fourth-order valence-corrected chi connectivity index (χ4v) is 1.85. The van der Waals surface area contributed by atoms with E-state index in [9.17, 15) is 14.7 Å². The Balaban J connectivity index is 2.39. The lowest BCUT2D eigenvalue weighted by molar-refractivity contribution is -0.0526.